The van der Waals surface area contributed by atoms with Gasteiger partial charge in [-0.1, -0.05) is 27.2 Å². The zero-order valence-electron chi connectivity index (χ0n) is 12.4. The summed E-state index contributed by atoms with van der Waals surface area (Å²) in [6.07, 6.45) is 7.74. The summed E-state index contributed by atoms with van der Waals surface area (Å²) in [7, 11) is 0. The standard InChI is InChI=1S/C15H26N4/c1-4-13-5-7-19(8-6-13)15-17-10-14(11-18-15)9-16-12(2)3/h10-13,16H,4-9H2,1-3H3. The van der Waals surface area contributed by atoms with Crippen molar-refractivity contribution in [2.75, 3.05) is 18.0 Å². The summed E-state index contributed by atoms with van der Waals surface area (Å²) in [5.41, 5.74) is 1.15. The summed E-state index contributed by atoms with van der Waals surface area (Å²) in [6, 6.07) is 0.493. The van der Waals surface area contributed by atoms with Crippen LogP contribution in [0.25, 0.3) is 0 Å². The van der Waals surface area contributed by atoms with Crippen LogP contribution in [0.1, 0.15) is 45.6 Å². The molecule has 4 heteroatoms. The maximum Gasteiger partial charge on any atom is 0.225 e. The van der Waals surface area contributed by atoms with E-state index in [1.54, 1.807) is 0 Å². The number of rotatable bonds is 5. The molecule has 0 amide bonds. The van der Waals surface area contributed by atoms with Crippen LogP contribution in [0.2, 0.25) is 0 Å². The highest BCUT2D eigenvalue weighted by molar-refractivity contribution is 5.30. The van der Waals surface area contributed by atoms with Crippen LogP contribution in [0.5, 0.6) is 0 Å². The first-order valence-electron chi connectivity index (χ1n) is 7.48. The highest BCUT2D eigenvalue weighted by Crippen LogP contribution is 2.22. The predicted molar refractivity (Wildman–Crippen MR) is 79.2 cm³/mol. The summed E-state index contributed by atoms with van der Waals surface area (Å²) in [4.78, 5) is 11.3. The first-order valence-corrected chi connectivity index (χ1v) is 7.48. The summed E-state index contributed by atoms with van der Waals surface area (Å²) in [5, 5.41) is 3.38. The van der Waals surface area contributed by atoms with E-state index in [1.807, 2.05) is 12.4 Å². The second kappa shape index (κ2) is 6.85. The molecule has 1 N–H and O–H groups in total. The molecule has 19 heavy (non-hydrogen) atoms. The predicted octanol–water partition coefficient (Wildman–Crippen LogP) is 2.60. The van der Waals surface area contributed by atoms with Crippen molar-refractivity contribution >= 4 is 5.95 Å². The molecule has 0 aliphatic carbocycles. The van der Waals surface area contributed by atoms with E-state index in [0.717, 1.165) is 37.1 Å². The fourth-order valence-electron chi connectivity index (χ4n) is 2.47. The van der Waals surface area contributed by atoms with Crippen molar-refractivity contribution in [3.05, 3.63) is 18.0 Å². The van der Waals surface area contributed by atoms with E-state index < -0.39 is 0 Å². The third-order valence-electron chi connectivity index (χ3n) is 3.88. The summed E-state index contributed by atoms with van der Waals surface area (Å²) >= 11 is 0. The van der Waals surface area contributed by atoms with Crippen molar-refractivity contribution in [1.29, 1.82) is 0 Å². The van der Waals surface area contributed by atoms with Gasteiger partial charge in [0.2, 0.25) is 5.95 Å². The summed E-state index contributed by atoms with van der Waals surface area (Å²) < 4.78 is 0. The normalized spacial score (nSPS) is 17.2. The molecular weight excluding hydrogens is 236 g/mol. The molecule has 0 radical (unpaired) electrons. The second-order valence-electron chi connectivity index (χ2n) is 5.77. The molecule has 4 nitrogen and oxygen atoms in total. The number of nitrogens with zero attached hydrogens (tertiary/aromatic N) is 3. The third-order valence-corrected chi connectivity index (χ3v) is 3.88. The minimum atomic E-state index is 0.493. The maximum atomic E-state index is 4.51. The first kappa shape index (κ1) is 14.3. The number of piperidine rings is 1. The van der Waals surface area contributed by atoms with Crippen molar-refractivity contribution in [2.45, 2.75) is 52.6 Å². The molecule has 0 atom stereocenters. The Labute approximate surface area is 116 Å². The second-order valence-corrected chi connectivity index (χ2v) is 5.77. The average Bonchev–Trinajstić information content (AvgIpc) is 2.46. The van der Waals surface area contributed by atoms with E-state index in [2.05, 4.69) is 41.0 Å². The van der Waals surface area contributed by atoms with Crippen molar-refractivity contribution in [3.8, 4) is 0 Å². The van der Waals surface area contributed by atoms with E-state index in [4.69, 9.17) is 0 Å². The van der Waals surface area contributed by atoms with E-state index in [0.29, 0.717) is 6.04 Å². The lowest BCUT2D eigenvalue weighted by molar-refractivity contribution is 0.392. The van der Waals surface area contributed by atoms with Gasteiger partial charge in [-0.2, -0.15) is 0 Å². The van der Waals surface area contributed by atoms with Gasteiger partial charge in [-0.15, -0.1) is 0 Å². The van der Waals surface area contributed by atoms with Crippen LogP contribution in [-0.2, 0) is 6.54 Å². The molecule has 0 unspecified atom stereocenters. The average molecular weight is 262 g/mol. The Bertz CT molecular complexity index is 366. The molecule has 1 aliphatic rings. The molecule has 1 aromatic heterocycles. The molecule has 2 heterocycles. The number of hydrogen-bond donors (Lipinski definition) is 1. The van der Waals surface area contributed by atoms with Gasteiger partial charge in [0.1, 0.15) is 0 Å². The number of aromatic nitrogens is 2. The largest absolute Gasteiger partial charge is 0.341 e. The summed E-state index contributed by atoms with van der Waals surface area (Å²) in [5.74, 6) is 1.79. The van der Waals surface area contributed by atoms with Gasteiger partial charge < -0.3 is 10.2 Å². The van der Waals surface area contributed by atoms with Gasteiger partial charge in [-0.25, -0.2) is 9.97 Å². The maximum absolute atomic E-state index is 4.51. The van der Waals surface area contributed by atoms with Gasteiger partial charge in [0.25, 0.3) is 0 Å². The van der Waals surface area contributed by atoms with E-state index in [9.17, 15) is 0 Å². The minimum absolute atomic E-state index is 0.493. The third kappa shape index (κ3) is 4.16. The van der Waals surface area contributed by atoms with Gasteiger partial charge in [-0.3, -0.25) is 0 Å². The van der Waals surface area contributed by atoms with Gasteiger partial charge in [0.15, 0.2) is 0 Å². The van der Waals surface area contributed by atoms with Gasteiger partial charge >= 0.3 is 0 Å². The molecule has 1 fully saturated rings. The number of anilines is 1. The minimum Gasteiger partial charge on any atom is -0.341 e. The fourth-order valence-corrected chi connectivity index (χ4v) is 2.47. The lowest BCUT2D eigenvalue weighted by Crippen LogP contribution is -2.34. The van der Waals surface area contributed by atoms with Crippen LogP contribution < -0.4 is 10.2 Å². The van der Waals surface area contributed by atoms with Crippen molar-refractivity contribution in [3.63, 3.8) is 0 Å². The van der Waals surface area contributed by atoms with Crippen LogP contribution in [-0.4, -0.2) is 29.1 Å². The van der Waals surface area contributed by atoms with E-state index in [-0.39, 0.29) is 0 Å². The number of nitrogens with one attached hydrogen (secondary N) is 1. The Balaban J connectivity index is 1.88. The molecule has 0 spiro atoms. The molecule has 0 bridgehead atoms. The molecule has 1 saturated heterocycles. The van der Waals surface area contributed by atoms with Crippen LogP contribution in [0.15, 0.2) is 12.4 Å². The Morgan fingerprint density at radius 2 is 1.89 bits per heavy atom. The van der Waals surface area contributed by atoms with Gasteiger partial charge in [0.05, 0.1) is 0 Å². The zero-order valence-corrected chi connectivity index (χ0v) is 12.4. The Morgan fingerprint density at radius 1 is 1.26 bits per heavy atom. The van der Waals surface area contributed by atoms with Crippen LogP contribution in [0, 0.1) is 5.92 Å². The molecule has 106 valence electrons. The van der Waals surface area contributed by atoms with Crippen LogP contribution in [0.4, 0.5) is 5.95 Å². The fraction of sp³-hybridized carbons (Fsp3) is 0.733. The molecule has 2 rings (SSSR count). The summed E-state index contributed by atoms with van der Waals surface area (Å²) in [6.45, 7) is 9.62. The Hall–Kier alpha value is -1.16. The smallest absolute Gasteiger partial charge is 0.225 e. The van der Waals surface area contributed by atoms with Crippen molar-refractivity contribution < 1.29 is 0 Å². The SMILES string of the molecule is CCC1CCN(c2ncc(CNC(C)C)cn2)CC1. The monoisotopic (exact) mass is 262 g/mol. The lowest BCUT2D eigenvalue weighted by atomic mass is 9.95. The molecular formula is C15H26N4. The number of hydrogen-bond acceptors (Lipinski definition) is 4. The van der Waals surface area contributed by atoms with Gasteiger partial charge in [0, 0.05) is 43.6 Å². The Morgan fingerprint density at radius 3 is 2.42 bits per heavy atom. The quantitative estimate of drug-likeness (QED) is 0.885. The highest BCUT2D eigenvalue weighted by atomic mass is 15.2. The topological polar surface area (TPSA) is 41.1 Å². The molecule has 0 aromatic carbocycles. The van der Waals surface area contributed by atoms with Crippen molar-refractivity contribution in [2.24, 2.45) is 5.92 Å². The molecule has 0 saturated carbocycles. The van der Waals surface area contributed by atoms with E-state index in [1.165, 1.54) is 19.3 Å². The van der Waals surface area contributed by atoms with Crippen molar-refractivity contribution in [1.82, 2.24) is 15.3 Å². The molecule has 1 aliphatic heterocycles. The van der Waals surface area contributed by atoms with Crippen LogP contribution >= 0.6 is 0 Å². The highest BCUT2D eigenvalue weighted by Gasteiger charge is 2.19. The zero-order chi connectivity index (χ0) is 13.7. The molecule has 1 aromatic rings. The first-order chi connectivity index (χ1) is 9.19. The van der Waals surface area contributed by atoms with Gasteiger partial charge in [-0.05, 0) is 18.8 Å². The Kier molecular flexibility index (Phi) is 5.14. The van der Waals surface area contributed by atoms with E-state index >= 15 is 0 Å². The van der Waals surface area contributed by atoms with Crippen LogP contribution in [0.3, 0.4) is 0 Å². The lowest BCUT2D eigenvalue weighted by Gasteiger charge is -2.31.